The van der Waals surface area contributed by atoms with E-state index in [9.17, 15) is 9.59 Å². The van der Waals surface area contributed by atoms with Crippen molar-refractivity contribution < 1.29 is 4.42 Å². The van der Waals surface area contributed by atoms with Crippen molar-refractivity contribution in [1.29, 1.82) is 0 Å². The highest BCUT2D eigenvalue weighted by atomic mass is 16.4. The van der Waals surface area contributed by atoms with Gasteiger partial charge in [0.05, 0.1) is 10.9 Å². The second kappa shape index (κ2) is 2.58. The van der Waals surface area contributed by atoms with Crippen LogP contribution in [0.15, 0.2) is 32.2 Å². The van der Waals surface area contributed by atoms with E-state index in [1.807, 2.05) is 0 Å². The predicted octanol–water partition coefficient (Wildman–Crippen LogP) is 0.790. The van der Waals surface area contributed by atoms with Gasteiger partial charge in [-0.1, -0.05) is 12.1 Å². The maximum absolute atomic E-state index is 11.2. The van der Waals surface area contributed by atoms with E-state index in [2.05, 4.69) is 9.40 Å². The highest BCUT2D eigenvalue weighted by Gasteiger charge is 2.03. The fourth-order valence-electron chi connectivity index (χ4n) is 1.31. The smallest absolute Gasteiger partial charge is 0.372 e. The van der Waals surface area contributed by atoms with E-state index in [-0.39, 0.29) is 0 Å². The lowest BCUT2D eigenvalue weighted by Gasteiger charge is -1.97. The van der Waals surface area contributed by atoms with Crippen LogP contribution in [0.25, 0.3) is 10.9 Å². The normalized spacial score (nSPS) is 10.5. The van der Waals surface area contributed by atoms with E-state index >= 15 is 0 Å². The molecule has 1 N–H and O–H groups in total. The van der Waals surface area contributed by atoms with Crippen LogP contribution in [-0.4, -0.2) is 4.98 Å². The Labute approximate surface area is 72.8 Å². The average Bonchev–Trinajstić information content (AvgIpc) is 2.02. The maximum atomic E-state index is 11.2. The zero-order chi connectivity index (χ0) is 9.42. The first kappa shape index (κ1) is 7.79. The molecule has 4 nitrogen and oxygen atoms in total. The highest BCUT2D eigenvalue weighted by molar-refractivity contribution is 5.80. The highest BCUT2D eigenvalue weighted by Crippen LogP contribution is 2.09. The quantitative estimate of drug-likeness (QED) is 0.647. The minimum absolute atomic E-state index is 0.433. The van der Waals surface area contributed by atoms with Crippen molar-refractivity contribution in [2.45, 2.75) is 6.92 Å². The van der Waals surface area contributed by atoms with Crippen LogP contribution in [0, 0.1) is 6.92 Å². The molecule has 0 aliphatic rings. The third-order valence-electron chi connectivity index (χ3n) is 1.90. The SMILES string of the molecule is Cc1cccc2[nH]c(=O)oc(=O)c12. The zero-order valence-electron chi connectivity index (χ0n) is 6.96. The van der Waals surface area contributed by atoms with Crippen molar-refractivity contribution in [2.24, 2.45) is 0 Å². The summed E-state index contributed by atoms with van der Waals surface area (Å²) in [6, 6.07) is 5.23. The summed E-state index contributed by atoms with van der Waals surface area (Å²) in [4.78, 5) is 24.5. The van der Waals surface area contributed by atoms with Gasteiger partial charge >= 0.3 is 11.4 Å². The molecule has 0 bridgehead atoms. The molecule has 0 spiro atoms. The van der Waals surface area contributed by atoms with Crippen LogP contribution in [-0.2, 0) is 0 Å². The molecule has 0 saturated carbocycles. The number of fused-ring (bicyclic) bond motifs is 1. The summed E-state index contributed by atoms with van der Waals surface area (Å²) in [5.74, 6) is -0.719. The number of H-pyrrole nitrogens is 1. The van der Waals surface area contributed by atoms with Gasteiger partial charge in [-0.05, 0) is 18.6 Å². The molecule has 2 rings (SSSR count). The second-order valence-corrected chi connectivity index (χ2v) is 2.80. The Morgan fingerprint density at radius 1 is 1.31 bits per heavy atom. The Bertz CT molecular complexity index is 565. The first-order valence-corrected chi connectivity index (χ1v) is 3.81. The van der Waals surface area contributed by atoms with Crippen molar-refractivity contribution in [1.82, 2.24) is 4.98 Å². The minimum atomic E-state index is -0.719. The molecule has 0 unspecified atom stereocenters. The Morgan fingerprint density at radius 3 is 2.85 bits per heavy atom. The molecule has 0 aliphatic heterocycles. The number of rotatable bonds is 0. The van der Waals surface area contributed by atoms with Crippen LogP contribution < -0.4 is 11.4 Å². The minimum Gasteiger partial charge on any atom is -0.372 e. The summed E-state index contributed by atoms with van der Waals surface area (Å²) in [6.45, 7) is 1.79. The number of hydrogen-bond acceptors (Lipinski definition) is 3. The van der Waals surface area contributed by atoms with E-state index < -0.39 is 11.4 Å². The largest absolute Gasteiger partial charge is 0.419 e. The van der Waals surface area contributed by atoms with Crippen LogP contribution in [0.5, 0.6) is 0 Å². The van der Waals surface area contributed by atoms with Crippen LogP contribution in [0.3, 0.4) is 0 Å². The Hall–Kier alpha value is -1.84. The molecule has 13 heavy (non-hydrogen) atoms. The lowest BCUT2D eigenvalue weighted by atomic mass is 10.1. The van der Waals surface area contributed by atoms with Crippen molar-refractivity contribution in [3.63, 3.8) is 0 Å². The number of aromatic nitrogens is 1. The van der Waals surface area contributed by atoms with Crippen molar-refractivity contribution in [3.05, 3.63) is 44.7 Å². The molecule has 0 fully saturated rings. The number of benzene rings is 1. The van der Waals surface area contributed by atoms with Crippen LogP contribution in [0.2, 0.25) is 0 Å². The standard InChI is InChI=1S/C9H7NO3/c1-5-3-2-4-6-7(5)8(11)13-9(12)10-6/h2-4H,1H3,(H,10,12). The second-order valence-electron chi connectivity index (χ2n) is 2.80. The predicted molar refractivity (Wildman–Crippen MR) is 47.8 cm³/mol. The zero-order valence-corrected chi connectivity index (χ0v) is 6.96. The maximum Gasteiger partial charge on any atom is 0.419 e. The van der Waals surface area contributed by atoms with Crippen molar-refractivity contribution in [2.75, 3.05) is 0 Å². The lowest BCUT2D eigenvalue weighted by Crippen LogP contribution is -2.15. The summed E-state index contributed by atoms with van der Waals surface area (Å²) in [6.07, 6.45) is 0. The Kier molecular flexibility index (Phi) is 1.55. The van der Waals surface area contributed by atoms with E-state index in [0.717, 1.165) is 5.56 Å². The molecule has 1 heterocycles. The molecule has 0 atom stereocenters. The van der Waals surface area contributed by atoms with Gasteiger partial charge < -0.3 is 4.42 Å². The molecule has 0 saturated heterocycles. The molecular weight excluding hydrogens is 170 g/mol. The fraction of sp³-hybridized carbons (Fsp3) is 0.111. The fourth-order valence-corrected chi connectivity index (χ4v) is 1.31. The molecule has 66 valence electrons. The monoisotopic (exact) mass is 177 g/mol. The molecule has 1 aromatic heterocycles. The van der Waals surface area contributed by atoms with Crippen LogP contribution >= 0.6 is 0 Å². The molecule has 1 aromatic carbocycles. The van der Waals surface area contributed by atoms with E-state index in [0.29, 0.717) is 10.9 Å². The Morgan fingerprint density at radius 2 is 2.08 bits per heavy atom. The molecule has 0 radical (unpaired) electrons. The summed E-state index contributed by atoms with van der Waals surface area (Å²) in [7, 11) is 0. The average molecular weight is 177 g/mol. The number of nitrogens with one attached hydrogen (secondary N) is 1. The van der Waals surface area contributed by atoms with E-state index in [1.165, 1.54) is 0 Å². The van der Waals surface area contributed by atoms with Crippen molar-refractivity contribution in [3.8, 4) is 0 Å². The summed E-state index contributed by atoms with van der Waals surface area (Å²) in [5, 5.41) is 0.433. The van der Waals surface area contributed by atoms with Gasteiger partial charge in [0.25, 0.3) is 0 Å². The third-order valence-corrected chi connectivity index (χ3v) is 1.90. The van der Waals surface area contributed by atoms with E-state index in [4.69, 9.17) is 0 Å². The first-order chi connectivity index (χ1) is 6.18. The molecule has 2 aromatic rings. The third kappa shape index (κ3) is 1.16. The molecule has 0 amide bonds. The van der Waals surface area contributed by atoms with Crippen LogP contribution in [0.1, 0.15) is 5.56 Å². The topological polar surface area (TPSA) is 63.1 Å². The number of aromatic amines is 1. The van der Waals surface area contributed by atoms with Gasteiger partial charge in [0, 0.05) is 0 Å². The first-order valence-electron chi connectivity index (χ1n) is 3.81. The van der Waals surface area contributed by atoms with Gasteiger partial charge in [0.2, 0.25) is 0 Å². The summed E-state index contributed by atoms with van der Waals surface area (Å²) < 4.78 is 4.40. The lowest BCUT2D eigenvalue weighted by molar-refractivity contribution is 0.460. The van der Waals surface area contributed by atoms with Gasteiger partial charge in [0.1, 0.15) is 0 Å². The molecular formula is C9H7NO3. The van der Waals surface area contributed by atoms with Crippen molar-refractivity contribution >= 4 is 10.9 Å². The van der Waals surface area contributed by atoms with E-state index in [1.54, 1.807) is 25.1 Å². The van der Waals surface area contributed by atoms with Gasteiger partial charge in [-0.15, -0.1) is 0 Å². The van der Waals surface area contributed by atoms with Gasteiger partial charge in [0.15, 0.2) is 0 Å². The number of hydrogen-bond donors (Lipinski definition) is 1. The van der Waals surface area contributed by atoms with Gasteiger partial charge in [-0.25, -0.2) is 9.59 Å². The Balaban J connectivity index is 3.12. The van der Waals surface area contributed by atoms with Crippen LogP contribution in [0.4, 0.5) is 0 Å². The molecule has 0 aliphatic carbocycles. The number of aryl methyl sites for hydroxylation is 1. The van der Waals surface area contributed by atoms with Gasteiger partial charge in [-0.2, -0.15) is 0 Å². The summed E-state index contributed by atoms with van der Waals surface area (Å²) in [5.41, 5.74) is 0.723. The molecule has 4 heteroatoms. The summed E-state index contributed by atoms with van der Waals surface area (Å²) >= 11 is 0. The van der Waals surface area contributed by atoms with Gasteiger partial charge in [-0.3, -0.25) is 4.98 Å².